The van der Waals surface area contributed by atoms with Crippen LogP contribution < -0.4 is 4.72 Å². The summed E-state index contributed by atoms with van der Waals surface area (Å²) in [4.78, 5) is 10.8. The quantitative estimate of drug-likeness (QED) is 0.844. The van der Waals surface area contributed by atoms with E-state index in [0.29, 0.717) is 11.1 Å². The number of aryl methyl sites for hydroxylation is 3. The fourth-order valence-electron chi connectivity index (χ4n) is 1.95. The Morgan fingerprint density at radius 2 is 1.72 bits per heavy atom. The van der Waals surface area contributed by atoms with E-state index in [9.17, 15) is 13.2 Å². The molecule has 1 N–H and O–H groups in total. The third-order valence-electron chi connectivity index (χ3n) is 2.49. The molecular formula is C12H16ClNO3S. The third-order valence-corrected chi connectivity index (χ3v) is 4.44. The summed E-state index contributed by atoms with van der Waals surface area (Å²) in [5.41, 5.74) is 2.40. The van der Waals surface area contributed by atoms with Gasteiger partial charge in [0.2, 0.25) is 15.3 Å². The Hall–Kier alpha value is -0.910. The van der Waals surface area contributed by atoms with E-state index in [1.165, 1.54) is 0 Å². The standard InChI is InChI=1S/C12H16ClNO3S/c1-8-6-9(2)12(10(3)7-8)18(16,17)14-5-4-11(13)15/h6-7,14H,4-5H2,1-3H3. The van der Waals surface area contributed by atoms with Gasteiger partial charge in [0.05, 0.1) is 4.90 Å². The number of sulfonamides is 1. The Bertz CT molecular complexity index is 544. The molecule has 0 radical (unpaired) electrons. The van der Waals surface area contributed by atoms with Crippen molar-refractivity contribution in [3.8, 4) is 0 Å². The van der Waals surface area contributed by atoms with Gasteiger partial charge >= 0.3 is 0 Å². The number of rotatable bonds is 5. The highest BCUT2D eigenvalue weighted by Crippen LogP contribution is 2.21. The number of hydrogen-bond acceptors (Lipinski definition) is 3. The summed E-state index contributed by atoms with van der Waals surface area (Å²) in [6.45, 7) is 5.43. The topological polar surface area (TPSA) is 63.2 Å². The molecule has 0 aliphatic rings. The summed E-state index contributed by atoms with van der Waals surface area (Å²) in [6, 6.07) is 3.63. The molecule has 0 heterocycles. The van der Waals surface area contributed by atoms with Gasteiger partial charge in [0.1, 0.15) is 0 Å². The lowest BCUT2D eigenvalue weighted by atomic mass is 10.1. The average Bonchev–Trinajstić information content (AvgIpc) is 2.13. The fourth-order valence-corrected chi connectivity index (χ4v) is 3.52. The maximum Gasteiger partial charge on any atom is 0.241 e. The Kier molecular flexibility index (Phi) is 4.90. The van der Waals surface area contributed by atoms with Crippen molar-refractivity contribution in [2.45, 2.75) is 32.1 Å². The molecule has 0 aromatic heterocycles. The molecule has 0 fully saturated rings. The van der Waals surface area contributed by atoms with Crippen molar-refractivity contribution in [2.24, 2.45) is 0 Å². The molecule has 4 nitrogen and oxygen atoms in total. The molecule has 100 valence electrons. The number of carbonyl (C=O) groups excluding carboxylic acids is 1. The smallest absolute Gasteiger partial charge is 0.241 e. The highest BCUT2D eigenvalue weighted by molar-refractivity contribution is 7.89. The van der Waals surface area contributed by atoms with Crippen LogP contribution in [-0.2, 0) is 14.8 Å². The number of carbonyl (C=O) groups is 1. The molecule has 1 aromatic carbocycles. The van der Waals surface area contributed by atoms with Crippen molar-refractivity contribution in [3.63, 3.8) is 0 Å². The van der Waals surface area contributed by atoms with E-state index in [2.05, 4.69) is 4.72 Å². The second-order valence-electron chi connectivity index (χ2n) is 4.23. The fraction of sp³-hybridized carbons (Fsp3) is 0.417. The molecule has 6 heteroatoms. The molecule has 0 unspecified atom stereocenters. The predicted octanol–water partition coefficient (Wildman–Crippen LogP) is 2.05. The summed E-state index contributed by atoms with van der Waals surface area (Å²) in [6.07, 6.45) is -0.0231. The van der Waals surface area contributed by atoms with Gasteiger partial charge in [0, 0.05) is 13.0 Å². The monoisotopic (exact) mass is 289 g/mol. The zero-order valence-electron chi connectivity index (χ0n) is 10.6. The minimum atomic E-state index is -3.59. The van der Waals surface area contributed by atoms with Crippen LogP contribution in [0.15, 0.2) is 17.0 Å². The molecule has 0 aliphatic carbocycles. The van der Waals surface area contributed by atoms with Gasteiger partial charge in [-0.3, -0.25) is 4.79 Å². The lowest BCUT2D eigenvalue weighted by Gasteiger charge is -2.12. The average molecular weight is 290 g/mol. The Labute approximate surface area is 112 Å². The largest absolute Gasteiger partial charge is 0.281 e. The first-order valence-corrected chi connectivity index (χ1v) is 7.36. The number of hydrogen-bond donors (Lipinski definition) is 1. The van der Waals surface area contributed by atoms with Gasteiger partial charge in [-0.1, -0.05) is 17.7 Å². The first-order valence-electron chi connectivity index (χ1n) is 5.50. The van der Waals surface area contributed by atoms with Crippen LogP contribution in [0.3, 0.4) is 0 Å². The molecular weight excluding hydrogens is 274 g/mol. The summed E-state index contributed by atoms with van der Waals surface area (Å²) >= 11 is 5.16. The molecule has 0 atom stereocenters. The second kappa shape index (κ2) is 5.82. The zero-order valence-corrected chi connectivity index (χ0v) is 12.2. The molecule has 0 spiro atoms. The van der Waals surface area contributed by atoms with Gasteiger partial charge in [-0.25, -0.2) is 13.1 Å². The van der Waals surface area contributed by atoms with Crippen molar-refractivity contribution < 1.29 is 13.2 Å². The molecule has 0 amide bonds. The Morgan fingerprint density at radius 1 is 1.22 bits per heavy atom. The summed E-state index contributed by atoms with van der Waals surface area (Å²) in [5.74, 6) is 0. The predicted molar refractivity (Wildman–Crippen MR) is 71.3 cm³/mol. The van der Waals surface area contributed by atoms with Gasteiger partial charge in [0.15, 0.2) is 0 Å². The summed E-state index contributed by atoms with van der Waals surface area (Å²) in [7, 11) is -3.59. The van der Waals surface area contributed by atoms with E-state index in [-0.39, 0.29) is 17.9 Å². The Balaban J connectivity index is 3.02. The first kappa shape index (κ1) is 15.1. The van der Waals surface area contributed by atoms with Crippen LogP contribution in [-0.4, -0.2) is 20.2 Å². The highest BCUT2D eigenvalue weighted by atomic mass is 35.5. The van der Waals surface area contributed by atoms with Crippen LogP contribution in [0.4, 0.5) is 0 Å². The van der Waals surface area contributed by atoms with Gasteiger partial charge in [-0.05, 0) is 43.5 Å². The minimum Gasteiger partial charge on any atom is -0.281 e. The van der Waals surface area contributed by atoms with Crippen LogP contribution in [0.1, 0.15) is 23.1 Å². The van der Waals surface area contributed by atoms with E-state index in [1.54, 1.807) is 13.8 Å². The normalized spacial score (nSPS) is 11.6. The number of halogens is 1. The molecule has 0 aliphatic heterocycles. The van der Waals surface area contributed by atoms with E-state index in [4.69, 9.17) is 11.6 Å². The number of nitrogens with one attached hydrogen (secondary N) is 1. The van der Waals surface area contributed by atoms with Crippen molar-refractivity contribution in [2.75, 3.05) is 6.54 Å². The van der Waals surface area contributed by atoms with E-state index < -0.39 is 15.3 Å². The van der Waals surface area contributed by atoms with Crippen molar-refractivity contribution in [1.82, 2.24) is 4.72 Å². The van der Waals surface area contributed by atoms with Crippen molar-refractivity contribution in [3.05, 3.63) is 28.8 Å². The van der Waals surface area contributed by atoms with E-state index in [0.717, 1.165) is 5.56 Å². The maximum atomic E-state index is 12.1. The van der Waals surface area contributed by atoms with Crippen LogP contribution in [0.5, 0.6) is 0 Å². The molecule has 0 bridgehead atoms. The zero-order chi connectivity index (χ0) is 13.9. The van der Waals surface area contributed by atoms with E-state index >= 15 is 0 Å². The van der Waals surface area contributed by atoms with Crippen molar-refractivity contribution >= 4 is 26.9 Å². The molecule has 1 rings (SSSR count). The van der Waals surface area contributed by atoms with Crippen LogP contribution in [0, 0.1) is 20.8 Å². The molecule has 0 saturated heterocycles. The maximum absolute atomic E-state index is 12.1. The second-order valence-corrected chi connectivity index (χ2v) is 6.36. The summed E-state index contributed by atoms with van der Waals surface area (Å²) < 4.78 is 26.6. The molecule has 0 saturated carbocycles. The SMILES string of the molecule is Cc1cc(C)c(S(=O)(=O)NCCC(=O)Cl)c(C)c1. The third kappa shape index (κ3) is 3.80. The van der Waals surface area contributed by atoms with Gasteiger partial charge in [-0.2, -0.15) is 0 Å². The van der Waals surface area contributed by atoms with Crippen molar-refractivity contribution in [1.29, 1.82) is 0 Å². The number of benzene rings is 1. The Morgan fingerprint density at radius 3 is 2.17 bits per heavy atom. The van der Waals surface area contributed by atoms with Crippen LogP contribution in [0.2, 0.25) is 0 Å². The highest BCUT2D eigenvalue weighted by Gasteiger charge is 2.19. The molecule has 18 heavy (non-hydrogen) atoms. The van der Waals surface area contributed by atoms with Gasteiger partial charge < -0.3 is 0 Å². The van der Waals surface area contributed by atoms with Gasteiger partial charge in [-0.15, -0.1) is 0 Å². The van der Waals surface area contributed by atoms with Gasteiger partial charge in [0.25, 0.3) is 0 Å². The lowest BCUT2D eigenvalue weighted by molar-refractivity contribution is -0.111. The van der Waals surface area contributed by atoms with E-state index in [1.807, 2.05) is 19.1 Å². The lowest BCUT2D eigenvalue weighted by Crippen LogP contribution is -2.27. The molecule has 1 aromatic rings. The van der Waals surface area contributed by atoms with Crippen LogP contribution >= 0.6 is 11.6 Å². The summed E-state index contributed by atoms with van der Waals surface area (Å²) in [5, 5.41) is -0.560. The minimum absolute atomic E-state index is 0.0113. The van der Waals surface area contributed by atoms with Crippen LogP contribution in [0.25, 0.3) is 0 Å². The first-order chi connectivity index (χ1) is 8.24.